The summed E-state index contributed by atoms with van der Waals surface area (Å²) in [6.07, 6.45) is 1.40. The maximum Gasteiger partial charge on any atom is 0.293 e. The first-order valence-electron chi connectivity index (χ1n) is 6.77. The zero-order valence-corrected chi connectivity index (χ0v) is 13.3. The molecule has 0 aliphatic rings. The summed E-state index contributed by atoms with van der Waals surface area (Å²) in [4.78, 5) is 5.97. The molecule has 1 unspecified atom stereocenters. The Morgan fingerprint density at radius 2 is 2.00 bits per heavy atom. The Bertz CT molecular complexity index is 496. The van der Waals surface area contributed by atoms with Gasteiger partial charge < -0.3 is 9.64 Å². The molecule has 114 valence electrons. The third-order valence-electron chi connectivity index (χ3n) is 3.32. The number of amidine groups is 1. The average molecular weight is 288 g/mol. The minimum Gasteiger partial charge on any atom is -0.468 e. The van der Waals surface area contributed by atoms with Crippen LogP contribution in [0.1, 0.15) is 18.1 Å². The third-order valence-corrected chi connectivity index (χ3v) is 3.32. The van der Waals surface area contributed by atoms with Crippen LogP contribution in [0.5, 0.6) is 0 Å². The summed E-state index contributed by atoms with van der Waals surface area (Å²) < 4.78 is 5.25. The van der Waals surface area contributed by atoms with Gasteiger partial charge in [0, 0.05) is 20.0 Å². The van der Waals surface area contributed by atoms with Gasteiger partial charge in [0.15, 0.2) is 0 Å². The first-order chi connectivity index (χ1) is 10.0. The van der Waals surface area contributed by atoms with Gasteiger partial charge in [-0.15, -0.1) is 0 Å². The van der Waals surface area contributed by atoms with E-state index in [-0.39, 0.29) is 6.17 Å². The molecule has 0 N–H and O–H groups in total. The van der Waals surface area contributed by atoms with Crippen molar-refractivity contribution in [3.8, 4) is 0 Å². The van der Waals surface area contributed by atoms with Crippen molar-refractivity contribution in [3.63, 3.8) is 0 Å². The molecular weight excluding hydrogens is 264 g/mol. The van der Waals surface area contributed by atoms with Crippen LogP contribution in [0.4, 0.5) is 0 Å². The Labute approximate surface area is 127 Å². The van der Waals surface area contributed by atoms with Crippen molar-refractivity contribution in [2.24, 2.45) is 10.1 Å². The smallest absolute Gasteiger partial charge is 0.293 e. The van der Waals surface area contributed by atoms with Crippen LogP contribution in [-0.2, 0) is 11.3 Å². The van der Waals surface area contributed by atoms with E-state index in [1.807, 2.05) is 23.9 Å². The maximum absolute atomic E-state index is 5.25. The molecule has 0 radical (unpaired) electrons. The minimum absolute atomic E-state index is 0.0533. The van der Waals surface area contributed by atoms with E-state index in [4.69, 9.17) is 4.74 Å². The van der Waals surface area contributed by atoms with Crippen LogP contribution in [0.2, 0.25) is 0 Å². The van der Waals surface area contributed by atoms with Crippen molar-refractivity contribution in [1.82, 2.24) is 9.91 Å². The molecular formula is C16H24N4O. The first kappa shape index (κ1) is 16.8. The minimum atomic E-state index is -0.0533. The molecule has 0 saturated carbocycles. The van der Waals surface area contributed by atoms with Gasteiger partial charge in [0.25, 0.3) is 6.02 Å². The summed E-state index contributed by atoms with van der Waals surface area (Å²) in [5, 5.41) is 5.99. The summed E-state index contributed by atoms with van der Waals surface area (Å²) in [6.45, 7) is 12.0. The van der Waals surface area contributed by atoms with Crippen LogP contribution in [0, 0.1) is 6.92 Å². The monoisotopic (exact) mass is 288 g/mol. The third kappa shape index (κ3) is 4.63. The zero-order chi connectivity index (χ0) is 15.8. The molecule has 0 aliphatic carbocycles. The lowest BCUT2D eigenvalue weighted by Gasteiger charge is -2.34. The van der Waals surface area contributed by atoms with E-state index >= 15 is 0 Å². The Morgan fingerprint density at radius 1 is 1.38 bits per heavy atom. The lowest BCUT2D eigenvalue weighted by atomic mass is 10.1. The fourth-order valence-electron chi connectivity index (χ4n) is 1.91. The summed E-state index contributed by atoms with van der Waals surface area (Å²) in [6, 6.07) is 8.84. The molecule has 0 fully saturated rings. The van der Waals surface area contributed by atoms with E-state index in [1.165, 1.54) is 17.3 Å². The number of rotatable bonds is 6. The summed E-state index contributed by atoms with van der Waals surface area (Å²) >= 11 is 0. The number of methoxy groups -OCH3 is 1. The molecule has 0 heterocycles. The molecule has 0 saturated heterocycles. The molecule has 1 aromatic rings. The Morgan fingerprint density at radius 3 is 2.48 bits per heavy atom. The first-order valence-corrected chi connectivity index (χ1v) is 6.77. The largest absolute Gasteiger partial charge is 0.468 e. The Hall–Kier alpha value is -2.30. The van der Waals surface area contributed by atoms with Crippen molar-refractivity contribution in [1.29, 1.82) is 0 Å². The Kier molecular flexibility index (Phi) is 6.46. The van der Waals surface area contributed by atoms with Crippen LogP contribution < -0.4 is 0 Å². The van der Waals surface area contributed by atoms with Gasteiger partial charge in [-0.2, -0.15) is 5.10 Å². The highest BCUT2D eigenvalue weighted by molar-refractivity contribution is 5.74. The molecule has 21 heavy (non-hydrogen) atoms. The lowest BCUT2D eigenvalue weighted by molar-refractivity contribution is 0.101. The van der Waals surface area contributed by atoms with Crippen molar-refractivity contribution >= 4 is 12.7 Å². The van der Waals surface area contributed by atoms with Gasteiger partial charge in [0.05, 0.1) is 13.7 Å². The number of hydrazone groups is 1. The van der Waals surface area contributed by atoms with Gasteiger partial charge in [0.1, 0.15) is 6.17 Å². The van der Waals surface area contributed by atoms with Crippen LogP contribution in [0.3, 0.4) is 0 Å². The molecule has 0 amide bonds. The second kappa shape index (κ2) is 8.09. The summed E-state index contributed by atoms with van der Waals surface area (Å²) in [7, 11) is 3.47. The van der Waals surface area contributed by atoms with Gasteiger partial charge >= 0.3 is 0 Å². The number of hydrogen-bond donors (Lipinski definition) is 0. The normalized spacial score (nSPS) is 12.5. The topological polar surface area (TPSA) is 40.4 Å². The van der Waals surface area contributed by atoms with E-state index in [1.54, 1.807) is 7.11 Å². The highest BCUT2D eigenvalue weighted by Crippen LogP contribution is 2.12. The quantitative estimate of drug-likeness (QED) is 0.350. The van der Waals surface area contributed by atoms with E-state index in [2.05, 4.69) is 54.6 Å². The number of aryl methyl sites for hydroxylation is 1. The summed E-state index contributed by atoms with van der Waals surface area (Å²) in [5.74, 6) is 0. The second-order valence-electron chi connectivity index (χ2n) is 4.77. The lowest BCUT2D eigenvalue weighted by Crippen LogP contribution is -2.45. The van der Waals surface area contributed by atoms with Gasteiger partial charge in [0.2, 0.25) is 0 Å². The fraction of sp³-hybridized carbons (Fsp3) is 0.375. The van der Waals surface area contributed by atoms with Crippen molar-refractivity contribution in [3.05, 3.63) is 48.2 Å². The highest BCUT2D eigenvalue weighted by Gasteiger charge is 2.20. The number of aliphatic imine (C=N–C) groups is 1. The van der Waals surface area contributed by atoms with Crippen LogP contribution in [0.25, 0.3) is 0 Å². The Balaban J connectivity index is 2.83. The van der Waals surface area contributed by atoms with Gasteiger partial charge in [-0.05, 0) is 19.4 Å². The van der Waals surface area contributed by atoms with Gasteiger partial charge in [-0.1, -0.05) is 36.4 Å². The summed E-state index contributed by atoms with van der Waals surface area (Å²) in [5.41, 5.74) is 2.41. The van der Waals surface area contributed by atoms with Crippen LogP contribution in [-0.4, -0.2) is 43.0 Å². The molecule has 0 spiro atoms. The average Bonchev–Trinajstić information content (AvgIpc) is 2.50. The number of nitrogens with zero attached hydrogens (tertiary/aromatic N) is 4. The van der Waals surface area contributed by atoms with E-state index in [9.17, 15) is 0 Å². The molecule has 5 heteroatoms. The molecule has 0 bridgehead atoms. The van der Waals surface area contributed by atoms with Gasteiger partial charge in [-0.3, -0.25) is 5.01 Å². The fourth-order valence-corrected chi connectivity index (χ4v) is 1.91. The van der Waals surface area contributed by atoms with Crippen LogP contribution >= 0.6 is 0 Å². The number of ether oxygens (including phenoxy) is 1. The van der Waals surface area contributed by atoms with Crippen molar-refractivity contribution in [2.45, 2.75) is 26.6 Å². The molecule has 1 rings (SSSR count). The SMILES string of the molecule is C=C/N=C(/OC)N(C)C(C)N(Cc1ccc(C)cc1)N=C. The highest BCUT2D eigenvalue weighted by atomic mass is 16.5. The van der Waals surface area contributed by atoms with E-state index in [0.29, 0.717) is 12.6 Å². The van der Waals surface area contributed by atoms with E-state index in [0.717, 1.165) is 0 Å². The molecule has 5 nitrogen and oxygen atoms in total. The predicted octanol–water partition coefficient (Wildman–Crippen LogP) is 2.84. The second-order valence-corrected chi connectivity index (χ2v) is 4.77. The predicted molar refractivity (Wildman–Crippen MR) is 88.1 cm³/mol. The zero-order valence-electron chi connectivity index (χ0n) is 13.3. The van der Waals surface area contributed by atoms with Crippen molar-refractivity contribution in [2.75, 3.05) is 14.2 Å². The van der Waals surface area contributed by atoms with Crippen LogP contribution in [0.15, 0.2) is 47.1 Å². The van der Waals surface area contributed by atoms with E-state index < -0.39 is 0 Å². The molecule has 0 aliphatic heterocycles. The molecule has 1 atom stereocenters. The standard InChI is InChI=1S/C16H24N4O/c1-7-18-16(21-6)19(5)14(3)20(17-4)12-15-10-8-13(2)9-11-15/h7-11,14H,1,4,12H2,2-3,5-6H3/b18-16+. The number of benzene rings is 1. The molecule has 0 aromatic heterocycles. The van der Waals surface area contributed by atoms with Crippen molar-refractivity contribution < 1.29 is 4.74 Å². The molecule has 1 aromatic carbocycles. The maximum atomic E-state index is 5.25. The van der Waals surface area contributed by atoms with Gasteiger partial charge in [-0.25, -0.2) is 4.99 Å². The number of hydrogen-bond acceptors (Lipinski definition) is 4.